The first-order valence-electron chi connectivity index (χ1n) is 11.2. The van der Waals surface area contributed by atoms with E-state index < -0.39 is 26.9 Å². The lowest BCUT2D eigenvalue weighted by atomic mass is 9.94. The van der Waals surface area contributed by atoms with E-state index in [1.807, 2.05) is 19.9 Å². The van der Waals surface area contributed by atoms with Crippen molar-refractivity contribution < 1.29 is 35.2 Å². The molecule has 0 bridgehead atoms. The minimum atomic E-state index is -5.93. The Morgan fingerprint density at radius 1 is 1.05 bits per heavy atom. The van der Waals surface area contributed by atoms with Crippen LogP contribution in [-0.2, 0) is 16.7 Å². The first-order chi connectivity index (χ1) is 17.9. The fourth-order valence-corrected chi connectivity index (χ4v) is 4.26. The molecule has 0 atom stereocenters. The number of rotatable bonds is 9. The number of alkyl halides is 3. The molecule has 1 heterocycles. The summed E-state index contributed by atoms with van der Waals surface area (Å²) in [7, 11) is -2.96. The lowest BCUT2D eigenvalue weighted by molar-refractivity contribution is -0.0500. The number of halogens is 3. The van der Waals surface area contributed by atoms with Crippen molar-refractivity contribution in [2.24, 2.45) is 0 Å². The van der Waals surface area contributed by atoms with Crippen LogP contribution in [0.2, 0.25) is 0 Å². The van der Waals surface area contributed by atoms with E-state index in [0.29, 0.717) is 33.6 Å². The highest BCUT2D eigenvalue weighted by Crippen LogP contribution is 2.33. The lowest BCUT2D eigenvalue weighted by Crippen LogP contribution is -2.28. The maximum Gasteiger partial charge on any atom is 0.534 e. The Morgan fingerprint density at radius 2 is 1.74 bits per heavy atom. The first kappa shape index (κ1) is 28.6. The molecule has 38 heavy (non-hydrogen) atoms. The summed E-state index contributed by atoms with van der Waals surface area (Å²) in [6, 6.07) is 8.49. The summed E-state index contributed by atoms with van der Waals surface area (Å²) < 4.78 is 78.2. The molecule has 0 aliphatic rings. The second-order valence-electron chi connectivity index (χ2n) is 8.13. The average molecular weight is 550 g/mol. The number of ether oxygens (including phenoxy) is 2. The molecule has 0 aliphatic carbocycles. The molecule has 0 unspecified atom stereocenters. The number of fused-ring (bicyclic) bond motifs is 1. The van der Waals surface area contributed by atoms with Crippen LogP contribution in [0.5, 0.6) is 17.2 Å². The zero-order valence-corrected chi connectivity index (χ0v) is 21.9. The number of nitrogens with zero attached hydrogens (tertiary/aromatic N) is 1. The number of methoxy groups -OCH3 is 2. The van der Waals surface area contributed by atoms with Crippen molar-refractivity contribution in [3.63, 3.8) is 0 Å². The van der Waals surface area contributed by atoms with E-state index >= 15 is 0 Å². The van der Waals surface area contributed by atoms with Crippen LogP contribution in [0.4, 0.5) is 13.2 Å². The maximum atomic E-state index is 13.6. The highest BCUT2D eigenvalue weighted by atomic mass is 32.2. The first-order valence-corrected chi connectivity index (χ1v) is 12.6. The standard InChI is InChI=1S/C27H26F3NO6S/c1-6-8-21(17(3)7-2)24-16-31(15-18-9-10-19(35-4)14-25(18)36-5)26(32)23-13-20(11-12-22(23)24)37-38(33,34)27(28,29)30/h6-14,16H,1,15H2,2-5H3/b17-7-,21-8+. The molecule has 0 amide bonds. The van der Waals surface area contributed by atoms with Gasteiger partial charge in [0.25, 0.3) is 5.56 Å². The predicted octanol–water partition coefficient (Wildman–Crippen LogP) is 5.83. The molecule has 0 spiro atoms. The van der Waals surface area contributed by atoms with Gasteiger partial charge in [-0.3, -0.25) is 4.79 Å². The summed E-state index contributed by atoms with van der Waals surface area (Å²) in [5.74, 6) is 0.358. The second kappa shape index (κ2) is 11.2. The van der Waals surface area contributed by atoms with E-state index in [0.717, 1.165) is 17.7 Å². The van der Waals surface area contributed by atoms with E-state index in [2.05, 4.69) is 10.8 Å². The van der Waals surface area contributed by atoms with Crippen molar-refractivity contribution in [2.45, 2.75) is 25.9 Å². The third-order valence-corrected chi connectivity index (χ3v) is 6.79. The summed E-state index contributed by atoms with van der Waals surface area (Å²) in [5.41, 5.74) is -3.44. The van der Waals surface area contributed by atoms with Crippen LogP contribution < -0.4 is 19.2 Å². The minimum absolute atomic E-state index is 0.0382. The van der Waals surface area contributed by atoms with Crippen LogP contribution in [0.25, 0.3) is 16.3 Å². The molecule has 1 aromatic heterocycles. The van der Waals surface area contributed by atoms with Gasteiger partial charge in [0.2, 0.25) is 0 Å². The van der Waals surface area contributed by atoms with Gasteiger partial charge >= 0.3 is 15.6 Å². The van der Waals surface area contributed by atoms with Gasteiger partial charge in [0.1, 0.15) is 17.2 Å². The smallest absolute Gasteiger partial charge is 0.497 e. The molecule has 0 N–H and O–H groups in total. The maximum absolute atomic E-state index is 13.6. The Bertz CT molecular complexity index is 1600. The highest BCUT2D eigenvalue weighted by molar-refractivity contribution is 7.88. The number of aromatic nitrogens is 1. The normalized spacial score (nSPS) is 12.9. The second-order valence-corrected chi connectivity index (χ2v) is 9.67. The molecule has 0 radical (unpaired) electrons. The van der Waals surface area contributed by atoms with Gasteiger partial charge in [-0.25, -0.2) is 0 Å². The Kier molecular flexibility index (Phi) is 8.41. The molecule has 3 rings (SSSR count). The highest BCUT2D eigenvalue weighted by Gasteiger charge is 2.48. The Balaban J connectivity index is 2.31. The summed E-state index contributed by atoms with van der Waals surface area (Å²) in [6.07, 6.45) is 6.80. The fraction of sp³-hybridized carbons (Fsp3) is 0.222. The summed E-state index contributed by atoms with van der Waals surface area (Å²) in [5, 5.41) is 0.350. The molecule has 0 saturated carbocycles. The average Bonchev–Trinajstić information content (AvgIpc) is 2.88. The third kappa shape index (κ3) is 5.77. The monoisotopic (exact) mass is 549 g/mol. The SMILES string of the molecule is C=C/C=C(\C(C)=C/C)c1cn(Cc2ccc(OC)cc2OC)c(=O)c2cc(OS(=O)(=O)C(F)(F)F)ccc12. The lowest BCUT2D eigenvalue weighted by Gasteiger charge is -2.17. The molecule has 0 saturated heterocycles. The molecule has 11 heteroatoms. The van der Waals surface area contributed by atoms with Gasteiger partial charge in [0.05, 0.1) is 26.2 Å². The van der Waals surface area contributed by atoms with Crippen LogP contribution in [0.15, 0.2) is 77.8 Å². The zero-order chi connectivity index (χ0) is 28.3. The Morgan fingerprint density at radius 3 is 2.32 bits per heavy atom. The van der Waals surface area contributed by atoms with Crippen molar-refractivity contribution >= 4 is 26.5 Å². The van der Waals surface area contributed by atoms with Crippen LogP contribution in [0.3, 0.4) is 0 Å². The number of benzene rings is 2. The van der Waals surface area contributed by atoms with Crippen LogP contribution in [0, 0.1) is 0 Å². The summed E-state index contributed by atoms with van der Waals surface area (Å²) in [6.45, 7) is 7.48. The van der Waals surface area contributed by atoms with Crippen molar-refractivity contribution in [2.75, 3.05) is 14.2 Å². The number of pyridine rings is 1. The van der Waals surface area contributed by atoms with Crippen molar-refractivity contribution in [3.8, 4) is 17.2 Å². The minimum Gasteiger partial charge on any atom is -0.497 e. The van der Waals surface area contributed by atoms with E-state index in [1.54, 1.807) is 36.5 Å². The van der Waals surface area contributed by atoms with Crippen LogP contribution in [-0.4, -0.2) is 32.7 Å². The van der Waals surface area contributed by atoms with E-state index in [-0.39, 0.29) is 11.9 Å². The topological polar surface area (TPSA) is 83.8 Å². The van der Waals surface area contributed by atoms with Gasteiger partial charge in [-0.1, -0.05) is 24.8 Å². The summed E-state index contributed by atoms with van der Waals surface area (Å²) in [4.78, 5) is 13.6. The van der Waals surface area contributed by atoms with E-state index in [9.17, 15) is 26.4 Å². The third-order valence-electron chi connectivity index (χ3n) is 5.81. The largest absolute Gasteiger partial charge is 0.534 e. The predicted molar refractivity (Wildman–Crippen MR) is 140 cm³/mol. The zero-order valence-electron chi connectivity index (χ0n) is 21.1. The van der Waals surface area contributed by atoms with Crippen LogP contribution >= 0.6 is 0 Å². The molecule has 7 nitrogen and oxygen atoms in total. The quantitative estimate of drug-likeness (QED) is 0.190. The van der Waals surface area contributed by atoms with Gasteiger partial charge in [-0.2, -0.15) is 21.6 Å². The molecule has 202 valence electrons. The number of hydrogen-bond donors (Lipinski definition) is 0. The molecule has 0 aliphatic heterocycles. The van der Waals surface area contributed by atoms with Gasteiger partial charge < -0.3 is 18.2 Å². The Hall–Kier alpha value is -3.99. The van der Waals surface area contributed by atoms with Crippen molar-refractivity contribution in [1.82, 2.24) is 4.57 Å². The fourth-order valence-electron chi connectivity index (χ4n) is 3.80. The summed E-state index contributed by atoms with van der Waals surface area (Å²) >= 11 is 0. The van der Waals surface area contributed by atoms with Crippen molar-refractivity contribution in [1.29, 1.82) is 0 Å². The van der Waals surface area contributed by atoms with E-state index in [4.69, 9.17) is 9.47 Å². The van der Waals surface area contributed by atoms with Gasteiger partial charge in [-0.05, 0) is 60.7 Å². The van der Waals surface area contributed by atoms with Crippen molar-refractivity contribution in [3.05, 3.63) is 94.5 Å². The van der Waals surface area contributed by atoms with Crippen LogP contribution in [0.1, 0.15) is 25.0 Å². The molecule has 0 fully saturated rings. The number of hydrogen-bond acceptors (Lipinski definition) is 6. The van der Waals surface area contributed by atoms with Gasteiger partial charge in [0.15, 0.2) is 0 Å². The molecule has 3 aromatic rings. The number of allylic oxidation sites excluding steroid dienone is 5. The Labute approximate surface area is 218 Å². The van der Waals surface area contributed by atoms with E-state index in [1.165, 1.54) is 24.9 Å². The molecular weight excluding hydrogens is 523 g/mol. The molecule has 2 aromatic carbocycles. The van der Waals surface area contributed by atoms with Gasteiger partial charge in [0, 0.05) is 23.4 Å². The van der Waals surface area contributed by atoms with Gasteiger partial charge in [-0.15, -0.1) is 0 Å². The molecular formula is C27H26F3NO6S.